The number of ether oxygens (including phenoxy) is 1. The Morgan fingerprint density at radius 3 is 2.86 bits per heavy atom. The van der Waals surface area contributed by atoms with Gasteiger partial charge in [-0.15, -0.1) is 0 Å². The molecular formula is C17H25F2NO. The molecule has 1 aliphatic rings. The summed E-state index contributed by atoms with van der Waals surface area (Å²) in [5.74, 6) is 1.04. The normalized spacial score (nSPS) is 24.0. The van der Waals surface area contributed by atoms with Crippen molar-refractivity contribution in [3.63, 3.8) is 0 Å². The van der Waals surface area contributed by atoms with Gasteiger partial charge in [-0.3, -0.25) is 0 Å². The largest absolute Gasteiger partial charge is 0.435 e. The van der Waals surface area contributed by atoms with E-state index in [0.717, 1.165) is 11.5 Å². The van der Waals surface area contributed by atoms with Crippen LogP contribution in [0.2, 0.25) is 0 Å². The molecule has 1 N–H and O–H groups in total. The first kappa shape index (κ1) is 16.2. The molecule has 4 heteroatoms. The van der Waals surface area contributed by atoms with Crippen molar-refractivity contribution in [2.75, 3.05) is 0 Å². The zero-order valence-electron chi connectivity index (χ0n) is 12.8. The molecule has 0 radical (unpaired) electrons. The van der Waals surface area contributed by atoms with Crippen LogP contribution in [0.4, 0.5) is 8.78 Å². The number of hydrogen-bond donors (Lipinski definition) is 1. The molecule has 1 aromatic carbocycles. The molecule has 2 nitrogen and oxygen atoms in total. The SMILES string of the molecule is CCC1CCCC(NC(C)c2cccc(OC(F)F)c2)C1. The summed E-state index contributed by atoms with van der Waals surface area (Å²) >= 11 is 0. The smallest absolute Gasteiger partial charge is 0.387 e. The first-order valence-corrected chi connectivity index (χ1v) is 7.89. The van der Waals surface area contributed by atoms with Crippen LogP contribution >= 0.6 is 0 Å². The van der Waals surface area contributed by atoms with Gasteiger partial charge in [0, 0.05) is 12.1 Å². The molecule has 1 aliphatic carbocycles. The lowest BCUT2D eigenvalue weighted by atomic mass is 9.84. The lowest BCUT2D eigenvalue weighted by Gasteiger charge is -2.31. The van der Waals surface area contributed by atoms with Crippen molar-refractivity contribution in [2.45, 2.75) is 64.6 Å². The van der Waals surface area contributed by atoms with E-state index in [0.29, 0.717) is 6.04 Å². The molecule has 0 heterocycles. The molecule has 3 atom stereocenters. The number of nitrogens with one attached hydrogen (secondary N) is 1. The third-order valence-electron chi connectivity index (χ3n) is 4.43. The van der Waals surface area contributed by atoms with Crippen LogP contribution in [0.1, 0.15) is 57.6 Å². The van der Waals surface area contributed by atoms with E-state index in [1.54, 1.807) is 18.2 Å². The summed E-state index contributed by atoms with van der Waals surface area (Å²) in [6.07, 6.45) is 6.27. The van der Waals surface area contributed by atoms with Crippen molar-refractivity contribution in [3.8, 4) is 5.75 Å². The molecule has 118 valence electrons. The third kappa shape index (κ3) is 4.95. The first-order valence-electron chi connectivity index (χ1n) is 7.89. The van der Waals surface area contributed by atoms with Crippen LogP contribution in [0, 0.1) is 5.92 Å². The molecule has 0 amide bonds. The van der Waals surface area contributed by atoms with E-state index in [1.165, 1.54) is 32.1 Å². The van der Waals surface area contributed by atoms with Gasteiger partial charge < -0.3 is 10.1 Å². The second-order valence-electron chi connectivity index (χ2n) is 5.98. The van der Waals surface area contributed by atoms with Crippen LogP contribution in [0.25, 0.3) is 0 Å². The molecule has 0 spiro atoms. The Morgan fingerprint density at radius 1 is 1.33 bits per heavy atom. The second kappa shape index (κ2) is 7.74. The Hall–Kier alpha value is -1.16. The predicted molar refractivity (Wildman–Crippen MR) is 80.7 cm³/mol. The van der Waals surface area contributed by atoms with Crippen LogP contribution in [0.3, 0.4) is 0 Å². The van der Waals surface area contributed by atoms with Crippen molar-refractivity contribution in [1.29, 1.82) is 0 Å². The van der Waals surface area contributed by atoms with Gasteiger partial charge >= 0.3 is 6.61 Å². The van der Waals surface area contributed by atoms with Crippen LogP contribution in [0.5, 0.6) is 5.75 Å². The zero-order valence-corrected chi connectivity index (χ0v) is 12.8. The molecule has 0 saturated heterocycles. The quantitative estimate of drug-likeness (QED) is 0.805. The Morgan fingerprint density at radius 2 is 2.14 bits per heavy atom. The van der Waals surface area contributed by atoms with E-state index >= 15 is 0 Å². The molecule has 1 saturated carbocycles. The molecular weight excluding hydrogens is 272 g/mol. The summed E-state index contributed by atoms with van der Waals surface area (Å²) in [7, 11) is 0. The Bertz CT molecular complexity index is 439. The van der Waals surface area contributed by atoms with Crippen LogP contribution in [-0.2, 0) is 0 Å². The van der Waals surface area contributed by atoms with Gasteiger partial charge in [0.2, 0.25) is 0 Å². The van der Waals surface area contributed by atoms with E-state index in [1.807, 2.05) is 6.07 Å². The highest BCUT2D eigenvalue weighted by molar-refractivity contribution is 5.30. The summed E-state index contributed by atoms with van der Waals surface area (Å²) in [6.45, 7) is 1.56. The van der Waals surface area contributed by atoms with Crippen LogP contribution in [-0.4, -0.2) is 12.7 Å². The van der Waals surface area contributed by atoms with E-state index in [-0.39, 0.29) is 11.8 Å². The van der Waals surface area contributed by atoms with Crippen molar-refractivity contribution in [3.05, 3.63) is 29.8 Å². The minimum Gasteiger partial charge on any atom is -0.435 e. The number of alkyl halides is 2. The maximum absolute atomic E-state index is 12.3. The minimum absolute atomic E-state index is 0.145. The highest BCUT2D eigenvalue weighted by atomic mass is 19.3. The van der Waals surface area contributed by atoms with Gasteiger partial charge in [-0.25, -0.2) is 0 Å². The second-order valence-corrected chi connectivity index (χ2v) is 5.98. The molecule has 0 aliphatic heterocycles. The standard InChI is InChI=1S/C17H25F2NO/c1-3-13-6-4-8-15(10-13)20-12(2)14-7-5-9-16(11-14)21-17(18)19/h5,7,9,11-13,15,17,20H,3-4,6,8,10H2,1-2H3. The van der Waals surface area contributed by atoms with E-state index in [2.05, 4.69) is 23.9 Å². The fourth-order valence-electron chi connectivity index (χ4n) is 3.22. The van der Waals surface area contributed by atoms with Gasteiger partial charge in [-0.1, -0.05) is 38.3 Å². The summed E-state index contributed by atoms with van der Waals surface area (Å²) in [5.41, 5.74) is 0.992. The summed E-state index contributed by atoms with van der Waals surface area (Å²) in [5, 5.41) is 3.64. The molecule has 21 heavy (non-hydrogen) atoms. The van der Waals surface area contributed by atoms with Gasteiger partial charge in [0.05, 0.1) is 0 Å². The highest BCUT2D eigenvalue weighted by Gasteiger charge is 2.22. The molecule has 2 rings (SSSR count). The Balaban J connectivity index is 1.94. The molecule has 0 aromatic heterocycles. The van der Waals surface area contributed by atoms with Gasteiger partial charge in [-0.05, 0) is 43.4 Å². The van der Waals surface area contributed by atoms with Gasteiger partial charge in [0.1, 0.15) is 5.75 Å². The Kier molecular flexibility index (Phi) is 5.97. The average molecular weight is 297 g/mol. The topological polar surface area (TPSA) is 21.3 Å². The third-order valence-corrected chi connectivity index (χ3v) is 4.43. The number of rotatable bonds is 6. The van der Waals surface area contributed by atoms with Crippen LogP contribution in [0.15, 0.2) is 24.3 Å². The summed E-state index contributed by atoms with van der Waals surface area (Å²) < 4.78 is 29.0. The van der Waals surface area contributed by atoms with Gasteiger partial charge in [0.25, 0.3) is 0 Å². The van der Waals surface area contributed by atoms with E-state index in [4.69, 9.17) is 0 Å². The first-order chi connectivity index (χ1) is 10.1. The number of benzene rings is 1. The minimum atomic E-state index is -2.77. The predicted octanol–water partition coefficient (Wildman–Crippen LogP) is 4.91. The lowest BCUT2D eigenvalue weighted by molar-refractivity contribution is -0.0499. The average Bonchev–Trinajstić information content (AvgIpc) is 2.47. The van der Waals surface area contributed by atoms with Crippen molar-refractivity contribution >= 4 is 0 Å². The fraction of sp³-hybridized carbons (Fsp3) is 0.647. The molecule has 3 unspecified atom stereocenters. The van der Waals surface area contributed by atoms with Gasteiger partial charge in [0.15, 0.2) is 0 Å². The fourth-order valence-corrected chi connectivity index (χ4v) is 3.22. The number of hydrogen-bond acceptors (Lipinski definition) is 2. The number of halogens is 2. The Labute approximate surface area is 125 Å². The molecule has 1 aromatic rings. The maximum Gasteiger partial charge on any atom is 0.387 e. The van der Waals surface area contributed by atoms with Crippen molar-refractivity contribution in [2.24, 2.45) is 5.92 Å². The zero-order chi connectivity index (χ0) is 15.2. The van der Waals surface area contributed by atoms with E-state index in [9.17, 15) is 8.78 Å². The monoisotopic (exact) mass is 297 g/mol. The van der Waals surface area contributed by atoms with Crippen molar-refractivity contribution < 1.29 is 13.5 Å². The molecule has 1 fully saturated rings. The molecule has 0 bridgehead atoms. The van der Waals surface area contributed by atoms with Crippen LogP contribution < -0.4 is 10.1 Å². The van der Waals surface area contributed by atoms with Gasteiger partial charge in [-0.2, -0.15) is 8.78 Å². The highest BCUT2D eigenvalue weighted by Crippen LogP contribution is 2.29. The summed E-state index contributed by atoms with van der Waals surface area (Å²) in [6, 6.07) is 7.65. The summed E-state index contributed by atoms with van der Waals surface area (Å²) in [4.78, 5) is 0. The van der Waals surface area contributed by atoms with Crippen molar-refractivity contribution in [1.82, 2.24) is 5.32 Å². The lowest BCUT2D eigenvalue weighted by Crippen LogP contribution is -2.35. The van der Waals surface area contributed by atoms with E-state index < -0.39 is 6.61 Å². The maximum atomic E-state index is 12.3.